The van der Waals surface area contributed by atoms with Crippen LogP contribution in [0.25, 0.3) is 0 Å². The van der Waals surface area contributed by atoms with E-state index in [2.05, 4.69) is 29.0 Å². The van der Waals surface area contributed by atoms with Gasteiger partial charge in [0.1, 0.15) is 5.82 Å². The zero-order chi connectivity index (χ0) is 11.1. The number of nitrogens with zero attached hydrogens (tertiary/aromatic N) is 2. The van der Waals surface area contributed by atoms with Crippen molar-refractivity contribution in [2.45, 2.75) is 51.9 Å². The second-order valence-corrected chi connectivity index (χ2v) is 4.25. The van der Waals surface area contributed by atoms with Gasteiger partial charge in [-0.2, -0.15) is 5.10 Å². The lowest BCUT2D eigenvalue weighted by Crippen LogP contribution is -1.98. The summed E-state index contributed by atoms with van der Waals surface area (Å²) >= 11 is 0. The van der Waals surface area contributed by atoms with Crippen molar-refractivity contribution in [2.24, 2.45) is 5.73 Å². The minimum absolute atomic E-state index is 0.409. The molecule has 3 N–H and O–H groups in total. The fourth-order valence-corrected chi connectivity index (χ4v) is 1.47. The van der Waals surface area contributed by atoms with Gasteiger partial charge in [-0.25, -0.2) is 4.98 Å². The molecule has 1 aromatic rings. The van der Waals surface area contributed by atoms with Crippen LogP contribution in [0.1, 0.15) is 57.1 Å². The number of unbranched alkanes of at least 4 members (excludes halogenated alkanes) is 3. The highest BCUT2D eigenvalue weighted by molar-refractivity contribution is 4.94. The number of rotatable bonds is 7. The lowest BCUT2D eigenvalue weighted by Gasteiger charge is -1.97. The molecule has 0 unspecified atom stereocenters. The Morgan fingerprint density at radius 3 is 2.53 bits per heavy atom. The van der Waals surface area contributed by atoms with Crippen LogP contribution in [0.3, 0.4) is 0 Å². The van der Waals surface area contributed by atoms with Gasteiger partial charge in [-0.15, -0.1) is 0 Å². The summed E-state index contributed by atoms with van der Waals surface area (Å²) in [5, 5.41) is 7.17. The highest BCUT2D eigenvalue weighted by Gasteiger charge is 2.05. The van der Waals surface area contributed by atoms with E-state index in [4.69, 9.17) is 5.73 Å². The molecule has 4 nitrogen and oxygen atoms in total. The first-order valence-corrected chi connectivity index (χ1v) is 5.85. The molecule has 0 amide bonds. The molecule has 1 aromatic heterocycles. The maximum Gasteiger partial charge on any atom is 0.153 e. The maximum absolute atomic E-state index is 5.43. The summed E-state index contributed by atoms with van der Waals surface area (Å²) in [4.78, 5) is 4.44. The highest BCUT2D eigenvalue weighted by atomic mass is 15.2. The molecule has 1 heterocycles. The van der Waals surface area contributed by atoms with E-state index in [0.29, 0.717) is 5.92 Å². The SMILES string of the molecule is CC(C)c1n[nH]c(CCCCCCN)n1. The quantitative estimate of drug-likeness (QED) is 0.676. The molecule has 4 heteroatoms. The lowest BCUT2D eigenvalue weighted by molar-refractivity contribution is 0.636. The van der Waals surface area contributed by atoms with Gasteiger partial charge in [-0.1, -0.05) is 26.7 Å². The van der Waals surface area contributed by atoms with Gasteiger partial charge in [0.15, 0.2) is 5.82 Å². The van der Waals surface area contributed by atoms with Crippen molar-refractivity contribution in [1.82, 2.24) is 15.2 Å². The van der Waals surface area contributed by atoms with E-state index in [1.807, 2.05) is 0 Å². The first kappa shape index (κ1) is 12.2. The average Bonchev–Trinajstić information content (AvgIpc) is 2.66. The molecule has 0 bridgehead atoms. The van der Waals surface area contributed by atoms with Crippen LogP contribution in [0.15, 0.2) is 0 Å². The number of nitrogens with two attached hydrogens (primary N) is 1. The number of nitrogens with one attached hydrogen (secondary N) is 1. The Morgan fingerprint density at radius 1 is 1.20 bits per heavy atom. The molecule has 1 rings (SSSR count). The Bertz CT molecular complexity index is 267. The summed E-state index contributed by atoms with van der Waals surface area (Å²) in [5.41, 5.74) is 5.43. The number of H-pyrrole nitrogens is 1. The Morgan fingerprint density at radius 2 is 1.93 bits per heavy atom. The van der Waals surface area contributed by atoms with E-state index in [0.717, 1.165) is 31.0 Å². The summed E-state index contributed by atoms with van der Waals surface area (Å²) in [7, 11) is 0. The van der Waals surface area contributed by atoms with Gasteiger partial charge >= 0.3 is 0 Å². The van der Waals surface area contributed by atoms with E-state index in [1.54, 1.807) is 0 Å². The van der Waals surface area contributed by atoms with Crippen LogP contribution >= 0.6 is 0 Å². The third-order valence-electron chi connectivity index (χ3n) is 2.43. The Balaban J connectivity index is 2.20. The molecule has 0 spiro atoms. The van der Waals surface area contributed by atoms with E-state index in [-0.39, 0.29) is 0 Å². The molecule has 0 aliphatic heterocycles. The van der Waals surface area contributed by atoms with Crippen molar-refractivity contribution in [3.8, 4) is 0 Å². The molecule has 0 fully saturated rings. The zero-order valence-corrected chi connectivity index (χ0v) is 9.79. The number of aromatic nitrogens is 3. The topological polar surface area (TPSA) is 67.6 Å². The smallest absolute Gasteiger partial charge is 0.153 e. The van der Waals surface area contributed by atoms with Gasteiger partial charge in [0.05, 0.1) is 0 Å². The normalized spacial score (nSPS) is 11.2. The molecular weight excluding hydrogens is 188 g/mol. The summed E-state index contributed by atoms with van der Waals surface area (Å²) in [6.45, 7) is 5.02. The van der Waals surface area contributed by atoms with Crippen LogP contribution in [0.2, 0.25) is 0 Å². The van der Waals surface area contributed by atoms with Crippen molar-refractivity contribution in [1.29, 1.82) is 0 Å². The monoisotopic (exact) mass is 210 g/mol. The van der Waals surface area contributed by atoms with Gasteiger partial charge < -0.3 is 5.73 Å². The minimum atomic E-state index is 0.409. The summed E-state index contributed by atoms with van der Waals surface area (Å²) in [6, 6.07) is 0. The van der Waals surface area contributed by atoms with Crippen molar-refractivity contribution < 1.29 is 0 Å². The lowest BCUT2D eigenvalue weighted by atomic mass is 10.1. The maximum atomic E-state index is 5.43. The van der Waals surface area contributed by atoms with E-state index >= 15 is 0 Å². The number of aryl methyl sites for hydroxylation is 1. The van der Waals surface area contributed by atoms with Crippen molar-refractivity contribution in [3.05, 3.63) is 11.6 Å². The fraction of sp³-hybridized carbons (Fsp3) is 0.818. The fourth-order valence-electron chi connectivity index (χ4n) is 1.47. The van der Waals surface area contributed by atoms with E-state index < -0.39 is 0 Å². The van der Waals surface area contributed by atoms with Gasteiger partial charge in [-0.3, -0.25) is 5.10 Å². The molecule has 0 aromatic carbocycles. The minimum Gasteiger partial charge on any atom is -0.330 e. The standard InChI is InChI=1S/C11H22N4/c1-9(2)11-13-10(14-15-11)7-5-3-4-6-8-12/h9H,3-8,12H2,1-2H3,(H,13,14,15). The third kappa shape index (κ3) is 4.42. The van der Waals surface area contributed by atoms with Gasteiger partial charge in [0.2, 0.25) is 0 Å². The van der Waals surface area contributed by atoms with E-state index in [9.17, 15) is 0 Å². The summed E-state index contributed by atoms with van der Waals surface area (Å²) in [5.74, 6) is 2.35. The summed E-state index contributed by atoms with van der Waals surface area (Å²) in [6.07, 6.45) is 5.77. The van der Waals surface area contributed by atoms with Crippen LogP contribution < -0.4 is 5.73 Å². The average molecular weight is 210 g/mol. The van der Waals surface area contributed by atoms with Crippen LogP contribution in [-0.2, 0) is 6.42 Å². The van der Waals surface area contributed by atoms with Crippen LogP contribution in [0.4, 0.5) is 0 Å². The Kier molecular flexibility index (Phi) is 5.32. The second-order valence-electron chi connectivity index (χ2n) is 4.25. The van der Waals surface area contributed by atoms with Crippen LogP contribution in [0, 0.1) is 0 Å². The number of hydrogen-bond donors (Lipinski definition) is 2. The van der Waals surface area contributed by atoms with E-state index in [1.165, 1.54) is 19.3 Å². The first-order chi connectivity index (χ1) is 7.24. The largest absolute Gasteiger partial charge is 0.330 e. The van der Waals surface area contributed by atoms with Gasteiger partial charge in [-0.05, 0) is 19.4 Å². The molecule has 0 aliphatic rings. The Labute approximate surface area is 91.7 Å². The molecule has 0 aliphatic carbocycles. The van der Waals surface area contributed by atoms with Gasteiger partial charge in [0, 0.05) is 12.3 Å². The van der Waals surface area contributed by atoms with Crippen LogP contribution in [0.5, 0.6) is 0 Å². The molecule has 0 radical (unpaired) electrons. The van der Waals surface area contributed by atoms with Crippen molar-refractivity contribution in [3.63, 3.8) is 0 Å². The zero-order valence-electron chi connectivity index (χ0n) is 9.79. The molecular formula is C11H22N4. The highest BCUT2D eigenvalue weighted by Crippen LogP contribution is 2.09. The number of aromatic amines is 1. The van der Waals surface area contributed by atoms with Crippen LogP contribution in [-0.4, -0.2) is 21.7 Å². The van der Waals surface area contributed by atoms with Crippen molar-refractivity contribution >= 4 is 0 Å². The predicted octanol–water partition coefficient (Wildman–Crippen LogP) is 1.99. The molecule has 0 atom stereocenters. The first-order valence-electron chi connectivity index (χ1n) is 5.85. The van der Waals surface area contributed by atoms with Crippen molar-refractivity contribution in [2.75, 3.05) is 6.54 Å². The molecule has 86 valence electrons. The van der Waals surface area contributed by atoms with Gasteiger partial charge in [0.25, 0.3) is 0 Å². The number of hydrogen-bond acceptors (Lipinski definition) is 3. The summed E-state index contributed by atoms with van der Waals surface area (Å²) < 4.78 is 0. The predicted molar refractivity (Wildman–Crippen MR) is 61.7 cm³/mol. The molecule has 0 saturated carbocycles. The molecule has 15 heavy (non-hydrogen) atoms. The Hall–Kier alpha value is -0.900. The molecule has 0 saturated heterocycles. The second kappa shape index (κ2) is 6.56. The third-order valence-corrected chi connectivity index (χ3v) is 2.43.